The largest absolute Gasteiger partial charge is 0.255 e. The van der Waals surface area contributed by atoms with Crippen molar-refractivity contribution in [1.82, 2.24) is 4.98 Å². The second kappa shape index (κ2) is 4.72. The van der Waals surface area contributed by atoms with Gasteiger partial charge >= 0.3 is 0 Å². The molecule has 0 aliphatic carbocycles. The molecule has 0 saturated carbocycles. The molecule has 1 atom stereocenters. The van der Waals surface area contributed by atoms with Crippen molar-refractivity contribution in [2.75, 3.05) is 0 Å². The maximum absolute atomic E-state index is 6.26. The van der Waals surface area contributed by atoms with Crippen LogP contribution in [0.4, 0.5) is 0 Å². The summed E-state index contributed by atoms with van der Waals surface area (Å²) in [5.74, 6) is 0.555. The van der Waals surface area contributed by atoms with E-state index in [-0.39, 0.29) is 0 Å². The summed E-state index contributed by atoms with van der Waals surface area (Å²) in [5.41, 5.74) is 2.26. The molecular weight excluding hydrogens is 286 g/mol. The highest BCUT2D eigenvalue weighted by atomic mass is 79.9. The molecule has 3 heteroatoms. The lowest BCUT2D eigenvalue weighted by molar-refractivity contribution is 0.734. The van der Waals surface area contributed by atoms with Crippen molar-refractivity contribution in [3.05, 3.63) is 39.5 Å². The fourth-order valence-corrected chi connectivity index (χ4v) is 2.21. The van der Waals surface area contributed by atoms with Crippen molar-refractivity contribution >= 4 is 38.4 Å². The minimum Gasteiger partial charge on any atom is -0.255 e. The maximum atomic E-state index is 6.26. The molecule has 1 aromatic heterocycles. The molecule has 1 nitrogen and oxygen atoms in total. The Bertz CT molecular complexity index is 525. The van der Waals surface area contributed by atoms with Gasteiger partial charge in [-0.3, -0.25) is 4.98 Å². The first-order valence-corrected chi connectivity index (χ1v) is 6.54. The van der Waals surface area contributed by atoms with Gasteiger partial charge in [0, 0.05) is 11.6 Å². The fraction of sp³-hybridized carbons (Fsp3) is 0.308. The van der Waals surface area contributed by atoms with Gasteiger partial charge in [-0.2, -0.15) is 0 Å². The fourth-order valence-electron chi connectivity index (χ4n) is 1.70. The second-order valence-electron chi connectivity index (χ2n) is 4.01. The zero-order valence-corrected chi connectivity index (χ0v) is 11.6. The van der Waals surface area contributed by atoms with Crippen molar-refractivity contribution in [2.24, 2.45) is 0 Å². The van der Waals surface area contributed by atoms with E-state index in [1.807, 2.05) is 6.07 Å². The van der Waals surface area contributed by atoms with Crippen LogP contribution in [0, 0.1) is 0 Å². The van der Waals surface area contributed by atoms with E-state index < -0.39 is 0 Å². The minimum atomic E-state index is 0.555. The molecule has 1 heterocycles. The minimum absolute atomic E-state index is 0.555. The predicted octanol–water partition coefficient (Wildman–Crippen LogP) is 5.16. The third-order valence-corrected chi connectivity index (χ3v) is 4.20. The average Bonchev–Trinajstić information content (AvgIpc) is 2.32. The second-order valence-corrected chi connectivity index (χ2v) is 5.24. The van der Waals surface area contributed by atoms with Crippen molar-refractivity contribution < 1.29 is 0 Å². The standard InChI is InChI=1S/C13H13BrClN/c1-3-8(2)9-4-5-12-10(6-9)13(15)11(14)7-16-12/h4-8H,3H2,1-2H3. The maximum Gasteiger partial charge on any atom is 0.0718 e. The van der Waals surface area contributed by atoms with Crippen molar-refractivity contribution in [3.8, 4) is 0 Å². The van der Waals surface area contributed by atoms with Crippen LogP contribution < -0.4 is 0 Å². The summed E-state index contributed by atoms with van der Waals surface area (Å²) in [6, 6.07) is 6.31. The lowest BCUT2D eigenvalue weighted by Gasteiger charge is -2.10. The average molecular weight is 299 g/mol. The number of halogens is 2. The van der Waals surface area contributed by atoms with Crippen LogP contribution in [0.25, 0.3) is 10.9 Å². The Hall–Kier alpha value is -0.600. The van der Waals surface area contributed by atoms with E-state index in [9.17, 15) is 0 Å². The molecule has 0 aliphatic heterocycles. The Balaban J connectivity index is 2.64. The number of nitrogens with zero attached hydrogens (tertiary/aromatic N) is 1. The molecule has 1 unspecified atom stereocenters. The van der Waals surface area contributed by atoms with Gasteiger partial charge in [-0.1, -0.05) is 31.5 Å². The zero-order chi connectivity index (χ0) is 11.7. The highest BCUT2D eigenvalue weighted by molar-refractivity contribution is 9.10. The Morgan fingerprint density at radius 3 is 2.88 bits per heavy atom. The summed E-state index contributed by atoms with van der Waals surface area (Å²) in [5, 5.41) is 1.77. The number of benzene rings is 1. The van der Waals surface area contributed by atoms with Gasteiger partial charge in [0.15, 0.2) is 0 Å². The number of rotatable bonds is 2. The number of hydrogen-bond donors (Lipinski definition) is 0. The van der Waals surface area contributed by atoms with Gasteiger partial charge in [-0.25, -0.2) is 0 Å². The summed E-state index contributed by atoms with van der Waals surface area (Å²) in [4.78, 5) is 4.34. The van der Waals surface area contributed by atoms with Crippen LogP contribution in [0.5, 0.6) is 0 Å². The lowest BCUT2D eigenvalue weighted by Crippen LogP contribution is -1.92. The molecule has 2 aromatic rings. The van der Waals surface area contributed by atoms with Crippen LogP contribution in [-0.4, -0.2) is 4.98 Å². The van der Waals surface area contributed by atoms with Crippen molar-refractivity contribution in [1.29, 1.82) is 0 Å². The molecule has 2 rings (SSSR count). The molecule has 1 aromatic carbocycles. The zero-order valence-electron chi connectivity index (χ0n) is 9.30. The molecule has 16 heavy (non-hydrogen) atoms. The lowest BCUT2D eigenvalue weighted by atomic mass is 9.97. The van der Waals surface area contributed by atoms with Crippen molar-refractivity contribution in [2.45, 2.75) is 26.2 Å². The molecule has 0 radical (unpaired) electrons. The van der Waals surface area contributed by atoms with E-state index in [1.165, 1.54) is 5.56 Å². The highest BCUT2D eigenvalue weighted by Crippen LogP contribution is 2.31. The van der Waals surface area contributed by atoms with Gasteiger partial charge in [0.05, 0.1) is 15.0 Å². The summed E-state index contributed by atoms with van der Waals surface area (Å²) in [6.45, 7) is 4.41. The Morgan fingerprint density at radius 1 is 1.44 bits per heavy atom. The predicted molar refractivity (Wildman–Crippen MR) is 73.2 cm³/mol. The summed E-state index contributed by atoms with van der Waals surface area (Å²) < 4.78 is 0.850. The third-order valence-electron chi connectivity index (χ3n) is 2.97. The first-order valence-electron chi connectivity index (χ1n) is 5.37. The van der Waals surface area contributed by atoms with E-state index in [2.05, 4.69) is 46.9 Å². The molecule has 0 saturated heterocycles. The van der Waals surface area contributed by atoms with Crippen molar-refractivity contribution in [3.63, 3.8) is 0 Å². The van der Waals surface area contributed by atoms with E-state index in [4.69, 9.17) is 11.6 Å². The van der Waals surface area contributed by atoms with E-state index in [0.29, 0.717) is 5.92 Å². The van der Waals surface area contributed by atoms with E-state index in [0.717, 1.165) is 26.8 Å². The normalized spacial score (nSPS) is 13.0. The monoisotopic (exact) mass is 297 g/mol. The highest BCUT2D eigenvalue weighted by Gasteiger charge is 2.08. The topological polar surface area (TPSA) is 12.9 Å². The van der Waals surface area contributed by atoms with Crippen LogP contribution in [-0.2, 0) is 0 Å². The summed E-state index contributed by atoms with van der Waals surface area (Å²) in [6.07, 6.45) is 2.87. The van der Waals surface area contributed by atoms with Gasteiger partial charge in [-0.05, 0) is 46.0 Å². The molecule has 0 spiro atoms. The smallest absolute Gasteiger partial charge is 0.0718 e. The van der Waals surface area contributed by atoms with Gasteiger partial charge < -0.3 is 0 Å². The number of fused-ring (bicyclic) bond motifs is 1. The van der Waals surface area contributed by atoms with Crippen LogP contribution in [0.3, 0.4) is 0 Å². The van der Waals surface area contributed by atoms with E-state index in [1.54, 1.807) is 6.20 Å². The number of aromatic nitrogens is 1. The number of hydrogen-bond acceptors (Lipinski definition) is 1. The third kappa shape index (κ3) is 2.09. The van der Waals surface area contributed by atoms with Gasteiger partial charge in [-0.15, -0.1) is 0 Å². The Kier molecular flexibility index (Phi) is 3.50. The van der Waals surface area contributed by atoms with Gasteiger partial charge in [0.25, 0.3) is 0 Å². The molecule has 0 fully saturated rings. The SMILES string of the molecule is CCC(C)c1ccc2ncc(Br)c(Cl)c2c1. The van der Waals surface area contributed by atoms with Crippen LogP contribution in [0.2, 0.25) is 5.02 Å². The van der Waals surface area contributed by atoms with Gasteiger partial charge in [0.2, 0.25) is 0 Å². The summed E-state index contributed by atoms with van der Waals surface area (Å²) in [7, 11) is 0. The molecule has 0 bridgehead atoms. The Morgan fingerprint density at radius 2 is 2.19 bits per heavy atom. The molecular formula is C13H13BrClN. The first-order chi connectivity index (χ1) is 7.63. The molecule has 0 aliphatic rings. The number of pyridine rings is 1. The van der Waals surface area contributed by atoms with Crippen LogP contribution in [0.15, 0.2) is 28.9 Å². The molecule has 0 amide bonds. The molecule has 0 N–H and O–H groups in total. The molecule has 84 valence electrons. The van der Waals surface area contributed by atoms with Gasteiger partial charge in [0.1, 0.15) is 0 Å². The van der Waals surface area contributed by atoms with Crippen LogP contribution in [0.1, 0.15) is 31.7 Å². The van der Waals surface area contributed by atoms with E-state index >= 15 is 0 Å². The first kappa shape index (κ1) is 11.9. The van der Waals surface area contributed by atoms with Crippen LogP contribution >= 0.6 is 27.5 Å². The quantitative estimate of drug-likeness (QED) is 0.746. The summed E-state index contributed by atoms with van der Waals surface area (Å²) >= 11 is 9.66. The Labute approximate surface area is 109 Å².